The molecule has 2 nitrogen and oxygen atoms in total. The largest absolute Gasteiger partial charge is 0.317 e. The number of nitrogens with zero attached hydrogens (tertiary/aromatic N) is 1. The van der Waals surface area contributed by atoms with Gasteiger partial charge in [0.05, 0.1) is 0 Å². The quantitative estimate of drug-likeness (QED) is 0.810. The fraction of sp³-hybridized carbons (Fsp3) is 1.00. The first-order chi connectivity index (χ1) is 8.27. The average molecular weight is 238 g/mol. The molecule has 0 amide bonds. The second-order valence-electron chi connectivity index (χ2n) is 6.28. The maximum Gasteiger partial charge on any atom is 0.00980 e. The summed E-state index contributed by atoms with van der Waals surface area (Å²) in [6.45, 7) is 8.60. The van der Waals surface area contributed by atoms with Gasteiger partial charge in [-0.2, -0.15) is 0 Å². The van der Waals surface area contributed by atoms with Crippen LogP contribution >= 0.6 is 0 Å². The zero-order chi connectivity index (χ0) is 12.1. The molecule has 0 aromatic heterocycles. The van der Waals surface area contributed by atoms with Crippen LogP contribution in [0.15, 0.2) is 0 Å². The van der Waals surface area contributed by atoms with Crippen LogP contribution in [-0.2, 0) is 0 Å². The minimum atomic E-state index is 0.730. The number of hydrogen-bond acceptors (Lipinski definition) is 2. The van der Waals surface area contributed by atoms with Gasteiger partial charge in [0, 0.05) is 18.6 Å². The monoisotopic (exact) mass is 238 g/mol. The summed E-state index contributed by atoms with van der Waals surface area (Å²) >= 11 is 0. The second-order valence-corrected chi connectivity index (χ2v) is 6.28. The van der Waals surface area contributed by atoms with E-state index in [1.165, 1.54) is 64.6 Å². The predicted octanol–water partition coefficient (Wildman–Crippen LogP) is 3.03. The summed E-state index contributed by atoms with van der Waals surface area (Å²) < 4.78 is 0. The Hall–Kier alpha value is -0.0800. The van der Waals surface area contributed by atoms with Crippen molar-refractivity contribution >= 4 is 0 Å². The molecule has 0 radical (unpaired) electrons. The summed E-state index contributed by atoms with van der Waals surface area (Å²) in [5.41, 5.74) is 0. The van der Waals surface area contributed by atoms with Crippen LogP contribution in [0, 0.1) is 5.92 Å². The van der Waals surface area contributed by atoms with E-state index in [-0.39, 0.29) is 0 Å². The summed E-state index contributed by atoms with van der Waals surface area (Å²) in [6, 6.07) is 1.62. The molecule has 100 valence electrons. The summed E-state index contributed by atoms with van der Waals surface area (Å²) in [7, 11) is 0. The van der Waals surface area contributed by atoms with Gasteiger partial charge in [-0.05, 0) is 58.5 Å². The van der Waals surface area contributed by atoms with Gasteiger partial charge in [-0.1, -0.05) is 19.3 Å². The Morgan fingerprint density at radius 1 is 1.00 bits per heavy atom. The van der Waals surface area contributed by atoms with Crippen LogP contribution in [0.4, 0.5) is 0 Å². The summed E-state index contributed by atoms with van der Waals surface area (Å²) in [6.07, 6.45) is 10.0. The summed E-state index contributed by atoms with van der Waals surface area (Å²) in [5.74, 6) is 0.945. The number of nitrogens with one attached hydrogen (secondary N) is 1. The topological polar surface area (TPSA) is 15.3 Å². The van der Waals surface area contributed by atoms with E-state index in [9.17, 15) is 0 Å². The summed E-state index contributed by atoms with van der Waals surface area (Å²) in [4.78, 5) is 2.81. The van der Waals surface area contributed by atoms with Crippen LogP contribution in [0.25, 0.3) is 0 Å². The highest BCUT2D eigenvalue weighted by molar-refractivity contribution is 4.81. The molecule has 1 N–H and O–H groups in total. The van der Waals surface area contributed by atoms with Crippen molar-refractivity contribution in [2.24, 2.45) is 5.92 Å². The van der Waals surface area contributed by atoms with E-state index in [4.69, 9.17) is 0 Å². The Balaban J connectivity index is 1.86. The maximum atomic E-state index is 3.48. The third-order valence-corrected chi connectivity index (χ3v) is 4.63. The number of piperidine rings is 1. The van der Waals surface area contributed by atoms with Crippen molar-refractivity contribution in [3.8, 4) is 0 Å². The molecule has 0 aromatic rings. The van der Waals surface area contributed by atoms with Crippen molar-refractivity contribution in [1.29, 1.82) is 0 Å². The van der Waals surface area contributed by atoms with Crippen LogP contribution in [0.5, 0.6) is 0 Å². The third kappa shape index (κ3) is 3.96. The Morgan fingerprint density at radius 3 is 2.24 bits per heavy atom. The first-order valence-electron chi connectivity index (χ1n) is 7.74. The van der Waals surface area contributed by atoms with Gasteiger partial charge in [0.2, 0.25) is 0 Å². The summed E-state index contributed by atoms with van der Waals surface area (Å²) in [5, 5.41) is 3.48. The number of rotatable bonds is 4. The molecule has 1 aliphatic carbocycles. The lowest BCUT2D eigenvalue weighted by molar-refractivity contribution is 0.0918. The lowest BCUT2D eigenvalue weighted by atomic mass is 9.90. The molecule has 2 rings (SSSR count). The lowest BCUT2D eigenvalue weighted by Crippen LogP contribution is -2.45. The van der Waals surface area contributed by atoms with Crippen LogP contribution < -0.4 is 5.32 Å². The Kier molecular flexibility index (Phi) is 5.30. The van der Waals surface area contributed by atoms with E-state index in [0.717, 1.165) is 18.0 Å². The molecule has 0 atom stereocenters. The zero-order valence-corrected chi connectivity index (χ0v) is 11.8. The van der Waals surface area contributed by atoms with Gasteiger partial charge < -0.3 is 5.32 Å². The molecule has 1 heterocycles. The molecule has 1 saturated heterocycles. The SMILES string of the molecule is CC(C)N(CC1CCNCC1)C1CCCCC1. The molecule has 2 heteroatoms. The van der Waals surface area contributed by atoms with Crippen molar-refractivity contribution in [1.82, 2.24) is 10.2 Å². The van der Waals surface area contributed by atoms with E-state index < -0.39 is 0 Å². The molecule has 1 saturated carbocycles. The standard InChI is InChI=1S/C15H30N2/c1-13(2)17(15-6-4-3-5-7-15)12-14-8-10-16-11-9-14/h13-16H,3-12H2,1-2H3. The lowest BCUT2D eigenvalue weighted by Gasteiger charge is -2.40. The van der Waals surface area contributed by atoms with Crippen molar-refractivity contribution in [3.05, 3.63) is 0 Å². The van der Waals surface area contributed by atoms with Crippen molar-refractivity contribution in [2.75, 3.05) is 19.6 Å². The van der Waals surface area contributed by atoms with Gasteiger partial charge in [0.15, 0.2) is 0 Å². The molecule has 1 aliphatic heterocycles. The molecular formula is C15H30N2. The Morgan fingerprint density at radius 2 is 1.65 bits per heavy atom. The molecule has 2 aliphatic rings. The van der Waals surface area contributed by atoms with Gasteiger partial charge in [-0.3, -0.25) is 4.90 Å². The predicted molar refractivity (Wildman–Crippen MR) is 74.3 cm³/mol. The fourth-order valence-corrected chi connectivity index (χ4v) is 3.56. The zero-order valence-electron chi connectivity index (χ0n) is 11.8. The van der Waals surface area contributed by atoms with Gasteiger partial charge in [0.1, 0.15) is 0 Å². The minimum Gasteiger partial charge on any atom is -0.317 e. The highest BCUT2D eigenvalue weighted by atomic mass is 15.2. The average Bonchev–Trinajstić information content (AvgIpc) is 2.38. The smallest absolute Gasteiger partial charge is 0.00980 e. The van der Waals surface area contributed by atoms with Crippen LogP contribution in [0.1, 0.15) is 58.8 Å². The van der Waals surface area contributed by atoms with Gasteiger partial charge in [0.25, 0.3) is 0 Å². The van der Waals surface area contributed by atoms with Gasteiger partial charge >= 0.3 is 0 Å². The number of hydrogen-bond donors (Lipinski definition) is 1. The van der Waals surface area contributed by atoms with E-state index in [0.29, 0.717) is 0 Å². The highest BCUT2D eigenvalue weighted by Crippen LogP contribution is 2.26. The van der Waals surface area contributed by atoms with E-state index in [2.05, 4.69) is 24.1 Å². The first kappa shape index (κ1) is 13.4. The van der Waals surface area contributed by atoms with Crippen molar-refractivity contribution in [3.63, 3.8) is 0 Å². The molecule has 17 heavy (non-hydrogen) atoms. The van der Waals surface area contributed by atoms with Crippen LogP contribution in [0.3, 0.4) is 0 Å². The van der Waals surface area contributed by atoms with Gasteiger partial charge in [-0.25, -0.2) is 0 Å². The maximum absolute atomic E-state index is 3.48. The molecule has 0 unspecified atom stereocenters. The Labute approximate surface area is 107 Å². The molecule has 0 bridgehead atoms. The molecule has 0 aromatic carbocycles. The van der Waals surface area contributed by atoms with E-state index in [1.807, 2.05) is 0 Å². The van der Waals surface area contributed by atoms with Gasteiger partial charge in [-0.15, -0.1) is 0 Å². The Bertz CT molecular complexity index is 203. The normalized spacial score (nSPS) is 24.7. The molecular weight excluding hydrogens is 208 g/mol. The molecule has 0 spiro atoms. The van der Waals surface area contributed by atoms with Crippen molar-refractivity contribution < 1.29 is 0 Å². The fourth-order valence-electron chi connectivity index (χ4n) is 3.56. The van der Waals surface area contributed by atoms with Crippen LogP contribution in [-0.4, -0.2) is 36.6 Å². The van der Waals surface area contributed by atoms with Crippen LogP contribution in [0.2, 0.25) is 0 Å². The van der Waals surface area contributed by atoms with E-state index >= 15 is 0 Å². The van der Waals surface area contributed by atoms with E-state index in [1.54, 1.807) is 0 Å². The second kappa shape index (κ2) is 6.75. The minimum absolute atomic E-state index is 0.730. The highest BCUT2D eigenvalue weighted by Gasteiger charge is 2.26. The molecule has 2 fully saturated rings. The van der Waals surface area contributed by atoms with Crippen molar-refractivity contribution in [2.45, 2.75) is 70.9 Å². The first-order valence-corrected chi connectivity index (χ1v) is 7.74. The third-order valence-electron chi connectivity index (χ3n) is 4.63.